The molecule has 2 heterocycles. The maximum Gasteiger partial charge on any atom is 0.126 e. The summed E-state index contributed by atoms with van der Waals surface area (Å²) >= 11 is 0. The summed E-state index contributed by atoms with van der Waals surface area (Å²) in [5.74, 6) is 5.02. The largest absolute Gasteiger partial charge is 0.493 e. The molecule has 2 aliphatic heterocycles. The molecule has 0 amide bonds. The van der Waals surface area contributed by atoms with Gasteiger partial charge in [0, 0.05) is 5.41 Å². The van der Waals surface area contributed by atoms with Crippen molar-refractivity contribution in [2.75, 3.05) is 26.4 Å². The molecule has 47 heavy (non-hydrogen) atoms. The summed E-state index contributed by atoms with van der Waals surface area (Å²) in [7, 11) is 0. The molecular weight excluding hydrogens is 580 g/mol. The molecule has 4 nitrogen and oxygen atoms in total. The fourth-order valence-electron chi connectivity index (χ4n) is 7.29. The van der Waals surface area contributed by atoms with E-state index in [0.717, 1.165) is 50.8 Å². The third-order valence-corrected chi connectivity index (χ3v) is 11.0. The third kappa shape index (κ3) is 9.56. The van der Waals surface area contributed by atoms with Gasteiger partial charge in [-0.2, -0.15) is 0 Å². The molecular formula is C43H68O4. The van der Waals surface area contributed by atoms with Gasteiger partial charge in [-0.15, -0.1) is 0 Å². The Labute approximate surface area is 288 Å². The van der Waals surface area contributed by atoms with Crippen molar-refractivity contribution in [2.45, 2.75) is 163 Å². The fourth-order valence-corrected chi connectivity index (χ4v) is 7.29. The van der Waals surface area contributed by atoms with Crippen molar-refractivity contribution in [3.8, 4) is 11.5 Å². The van der Waals surface area contributed by atoms with Crippen LogP contribution in [0.25, 0.3) is 0 Å². The van der Waals surface area contributed by atoms with Gasteiger partial charge in [-0.05, 0) is 94.6 Å². The monoisotopic (exact) mass is 649 g/mol. The van der Waals surface area contributed by atoms with Crippen LogP contribution in [0.5, 0.6) is 11.5 Å². The summed E-state index contributed by atoms with van der Waals surface area (Å²) in [5.41, 5.74) is 7.84. The van der Waals surface area contributed by atoms with Crippen LogP contribution in [-0.2, 0) is 14.9 Å². The van der Waals surface area contributed by atoms with Crippen LogP contribution in [-0.4, -0.2) is 38.6 Å². The van der Waals surface area contributed by atoms with Gasteiger partial charge in [-0.25, -0.2) is 0 Å². The fraction of sp³-hybridized carbons (Fsp3) is 0.721. The highest BCUT2D eigenvalue weighted by Crippen LogP contribution is 2.45. The minimum Gasteiger partial charge on any atom is -0.493 e. The van der Waals surface area contributed by atoms with Gasteiger partial charge in [0.1, 0.15) is 11.5 Å². The quantitative estimate of drug-likeness (QED) is 0.106. The maximum absolute atomic E-state index is 6.70. The van der Waals surface area contributed by atoms with Gasteiger partial charge in [0.05, 0.1) is 38.6 Å². The average Bonchev–Trinajstić information content (AvgIpc) is 3.95. The minimum atomic E-state index is -0.186. The van der Waals surface area contributed by atoms with Crippen molar-refractivity contribution < 1.29 is 18.9 Å². The molecule has 2 aromatic rings. The highest BCUT2D eigenvalue weighted by molar-refractivity contribution is 5.55. The smallest absolute Gasteiger partial charge is 0.126 e. The molecule has 0 bridgehead atoms. The van der Waals surface area contributed by atoms with Gasteiger partial charge in [0.15, 0.2) is 0 Å². The predicted molar refractivity (Wildman–Crippen MR) is 198 cm³/mol. The number of benzene rings is 2. The molecule has 0 saturated carbocycles. The number of ether oxygens (including phenoxy) is 4. The molecule has 4 rings (SSSR count). The highest BCUT2D eigenvalue weighted by Gasteiger charge is 2.33. The van der Waals surface area contributed by atoms with Crippen molar-refractivity contribution in [1.82, 2.24) is 0 Å². The maximum atomic E-state index is 6.70. The Bertz CT molecular complexity index is 1130. The lowest BCUT2D eigenvalue weighted by Gasteiger charge is -2.32. The lowest BCUT2D eigenvalue weighted by Crippen LogP contribution is -2.22. The lowest BCUT2D eigenvalue weighted by atomic mass is 9.73. The van der Waals surface area contributed by atoms with E-state index in [0.29, 0.717) is 47.7 Å². The van der Waals surface area contributed by atoms with Gasteiger partial charge in [0.2, 0.25) is 0 Å². The molecule has 2 aromatic carbocycles. The molecule has 264 valence electrons. The summed E-state index contributed by atoms with van der Waals surface area (Å²) in [6.45, 7) is 31.2. The van der Waals surface area contributed by atoms with Gasteiger partial charge >= 0.3 is 0 Å². The van der Waals surface area contributed by atoms with E-state index in [1.165, 1.54) is 59.1 Å². The first-order valence-electron chi connectivity index (χ1n) is 19.1. The zero-order chi connectivity index (χ0) is 34.5. The van der Waals surface area contributed by atoms with Crippen molar-refractivity contribution in [2.24, 2.45) is 11.8 Å². The topological polar surface area (TPSA) is 43.5 Å². The lowest BCUT2D eigenvalue weighted by molar-refractivity contribution is 0.259. The van der Waals surface area contributed by atoms with Gasteiger partial charge in [-0.1, -0.05) is 120 Å². The Balaban J connectivity index is 1.62. The molecule has 2 fully saturated rings. The first-order valence-corrected chi connectivity index (χ1v) is 19.1. The molecule has 4 unspecified atom stereocenters. The number of hydrogen-bond donors (Lipinski definition) is 0. The van der Waals surface area contributed by atoms with Crippen LogP contribution in [0.4, 0.5) is 0 Å². The summed E-state index contributed by atoms with van der Waals surface area (Å²) in [4.78, 5) is 0. The van der Waals surface area contributed by atoms with E-state index in [1.807, 2.05) is 0 Å². The van der Waals surface area contributed by atoms with Gasteiger partial charge in [-0.3, -0.25) is 0 Å². The molecule has 4 heteroatoms. The third-order valence-electron chi connectivity index (χ3n) is 11.0. The van der Waals surface area contributed by atoms with E-state index < -0.39 is 0 Å². The number of hydrogen-bond acceptors (Lipinski definition) is 4. The molecule has 2 saturated heterocycles. The first-order chi connectivity index (χ1) is 22.3. The molecule has 0 radical (unpaired) electrons. The Morgan fingerprint density at radius 3 is 1.13 bits per heavy atom. The van der Waals surface area contributed by atoms with E-state index in [2.05, 4.69) is 107 Å². The average molecular weight is 649 g/mol. The summed E-state index contributed by atoms with van der Waals surface area (Å²) in [6, 6.07) is 9.78. The number of rotatable bonds is 20. The second kappa shape index (κ2) is 16.6. The van der Waals surface area contributed by atoms with E-state index in [1.54, 1.807) is 0 Å². The van der Waals surface area contributed by atoms with Crippen LogP contribution < -0.4 is 9.47 Å². The van der Waals surface area contributed by atoms with Crippen molar-refractivity contribution in [1.29, 1.82) is 0 Å². The zero-order valence-corrected chi connectivity index (χ0v) is 32.1. The van der Waals surface area contributed by atoms with Crippen LogP contribution in [0.3, 0.4) is 0 Å². The molecule has 0 aliphatic carbocycles. The second-order valence-electron chi connectivity index (χ2n) is 16.3. The van der Waals surface area contributed by atoms with Gasteiger partial charge in [0.25, 0.3) is 0 Å². The van der Waals surface area contributed by atoms with Gasteiger partial charge < -0.3 is 18.9 Å². The Morgan fingerprint density at radius 2 is 0.894 bits per heavy atom. The van der Waals surface area contributed by atoms with Crippen molar-refractivity contribution in [3.05, 3.63) is 57.6 Å². The normalized spacial score (nSPS) is 19.1. The highest BCUT2D eigenvalue weighted by atomic mass is 16.6. The summed E-state index contributed by atoms with van der Waals surface area (Å²) < 4.78 is 24.6. The zero-order valence-electron chi connectivity index (χ0n) is 32.1. The molecule has 0 N–H and O–H groups in total. The molecule has 0 spiro atoms. The molecule has 0 aromatic heterocycles. The Morgan fingerprint density at radius 1 is 0.596 bits per heavy atom. The standard InChI is InChI=1S/C43H68O4/c1-13-31(39-25-46-39)17-15-19-44-41-35(27(3)4)21-33(22-36(41)28(5)6)43(11,12)34-23-37(29(7)8)42(38(24-34)30(9)10)45-20-16-18-32(14-2)40-26-47-40/h21-24,27-32,39-40H,13-20,25-26H2,1-12H3. The second-order valence-corrected chi connectivity index (χ2v) is 16.3. The van der Waals surface area contributed by atoms with E-state index in [-0.39, 0.29) is 5.41 Å². The Kier molecular flexibility index (Phi) is 13.3. The SMILES string of the molecule is CCC(CCCOc1c(C(C)C)cc(C(C)(C)c2cc(C(C)C)c(OCCCC(CC)C3CO3)c(C(C)C)c2)cc1C(C)C)C1CO1. The van der Waals surface area contributed by atoms with Crippen LogP contribution in [0.2, 0.25) is 0 Å². The van der Waals surface area contributed by atoms with Crippen LogP contribution in [0.15, 0.2) is 24.3 Å². The van der Waals surface area contributed by atoms with E-state index in [4.69, 9.17) is 18.9 Å². The number of epoxide rings is 2. The van der Waals surface area contributed by atoms with E-state index >= 15 is 0 Å². The van der Waals surface area contributed by atoms with Crippen molar-refractivity contribution >= 4 is 0 Å². The van der Waals surface area contributed by atoms with Crippen LogP contribution >= 0.6 is 0 Å². The summed E-state index contributed by atoms with van der Waals surface area (Å²) in [6.07, 6.45) is 7.81. The summed E-state index contributed by atoms with van der Waals surface area (Å²) in [5, 5.41) is 0. The van der Waals surface area contributed by atoms with Crippen LogP contribution in [0, 0.1) is 11.8 Å². The van der Waals surface area contributed by atoms with Crippen LogP contribution in [0.1, 0.15) is 179 Å². The Hall–Kier alpha value is -2.04. The first kappa shape index (κ1) is 37.8. The molecule has 2 aliphatic rings. The minimum absolute atomic E-state index is 0.186. The van der Waals surface area contributed by atoms with E-state index in [9.17, 15) is 0 Å². The predicted octanol–water partition coefficient (Wildman–Crippen LogP) is 11.7. The van der Waals surface area contributed by atoms with Crippen molar-refractivity contribution in [3.63, 3.8) is 0 Å². The molecule has 4 atom stereocenters.